The van der Waals surface area contributed by atoms with Crippen LogP contribution in [-0.2, 0) is 6.54 Å². The lowest BCUT2D eigenvalue weighted by atomic mass is 9.81. The highest BCUT2D eigenvalue weighted by molar-refractivity contribution is 5.14. The van der Waals surface area contributed by atoms with Crippen molar-refractivity contribution in [1.82, 2.24) is 5.32 Å². The van der Waals surface area contributed by atoms with Crippen LogP contribution in [0, 0.1) is 11.8 Å². The van der Waals surface area contributed by atoms with Gasteiger partial charge in [0, 0.05) is 6.54 Å². The highest BCUT2D eigenvalue weighted by Crippen LogP contribution is 2.29. The maximum atomic E-state index is 3.60. The first-order chi connectivity index (χ1) is 8.36. The molecule has 0 aliphatic heterocycles. The molecule has 2 rings (SSSR count). The molecule has 1 saturated carbocycles. The molecule has 1 N–H and O–H groups in total. The summed E-state index contributed by atoms with van der Waals surface area (Å²) in [5.41, 5.74) is 1.39. The second-order valence-electron chi connectivity index (χ2n) is 5.49. The summed E-state index contributed by atoms with van der Waals surface area (Å²) in [5.74, 6) is 1.80. The summed E-state index contributed by atoms with van der Waals surface area (Å²) in [6.45, 7) is 4.59. The lowest BCUT2D eigenvalue weighted by Gasteiger charge is -2.27. The Hall–Kier alpha value is -0.820. The largest absolute Gasteiger partial charge is 0.312 e. The SMILES string of the molecule is C[C@H](CNCc1ccccc1)C1CCCCC1. The number of hydrogen-bond donors (Lipinski definition) is 1. The molecule has 1 aromatic carbocycles. The minimum absolute atomic E-state index is 0.832. The van der Waals surface area contributed by atoms with Gasteiger partial charge in [0.05, 0.1) is 0 Å². The fourth-order valence-corrected chi connectivity index (χ4v) is 2.91. The number of rotatable bonds is 5. The minimum atomic E-state index is 0.832. The Bertz CT molecular complexity index is 301. The summed E-state index contributed by atoms with van der Waals surface area (Å²) in [6.07, 6.45) is 7.27. The molecule has 1 atom stereocenters. The summed E-state index contributed by atoms with van der Waals surface area (Å²) < 4.78 is 0. The van der Waals surface area contributed by atoms with E-state index in [0.29, 0.717) is 0 Å². The Balaban J connectivity index is 1.67. The van der Waals surface area contributed by atoms with Crippen molar-refractivity contribution in [3.63, 3.8) is 0 Å². The second kappa shape index (κ2) is 6.80. The Morgan fingerprint density at radius 3 is 2.53 bits per heavy atom. The first-order valence-electron chi connectivity index (χ1n) is 7.11. The highest BCUT2D eigenvalue weighted by atomic mass is 14.9. The summed E-state index contributed by atoms with van der Waals surface area (Å²) in [6, 6.07) is 10.7. The summed E-state index contributed by atoms with van der Waals surface area (Å²) in [7, 11) is 0. The van der Waals surface area contributed by atoms with Crippen LogP contribution in [0.25, 0.3) is 0 Å². The van der Waals surface area contributed by atoms with E-state index in [4.69, 9.17) is 0 Å². The molecule has 94 valence electrons. The van der Waals surface area contributed by atoms with Crippen LogP contribution in [0.1, 0.15) is 44.6 Å². The van der Waals surface area contributed by atoms with Crippen molar-refractivity contribution in [2.24, 2.45) is 11.8 Å². The molecule has 0 heterocycles. The van der Waals surface area contributed by atoms with Gasteiger partial charge in [0.25, 0.3) is 0 Å². The normalized spacial score (nSPS) is 19.1. The van der Waals surface area contributed by atoms with Gasteiger partial charge < -0.3 is 5.32 Å². The van der Waals surface area contributed by atoms with Crippen LogP contribution in [0.3, 0.4) is 0 Å². The Morgan fingerprint density at radius 2 is 1.82 bits per heavy atom. The van der Waals surface area contributed by atoms with Gasteiger partial charge in [-0.25, -0.2) is 0 Å². The lowest BCUT2D eigenvalue weighted by Crippen LogP contribution is -2.27. The average Bonchev–Trinajstić information content (AvgIpc) is 2.41. The summed E-state index contributed by atoms with van der Waals surface area (Å²) in [4.78, 5) is 0. The van der Waals surface area contributed by atoms with E-state index in [9.17, 15) is 0 Å². The van der Waals surface area contributed by atoms with Crippen molar-refractivity contribution in [1.29, 1.82) is 0 Å². The van der Waals surface area contributed by atoms with Crippen molar-refractivity contribution >= 4 is 0 Å². The molecule has 0 unspecified atom stereocenters. The molecule has 1 fully saturated rings. The van der Waals surface area contributed by atoms with E-state index in [1.54, 1.807) is 0 Å². The van der Waals surface area contributed by atoms with Gasteiger partial charge in [-0.15, -0.1) is 0 Å². The van der Waals surface area contributed by atoms with Gasteiger partial charge >= 0.3 is 0 Å². The quantitative estimate of drug-likeness (QED) is 0.808. The van der Waals surface area contributed by atoms with Crippen molar-refractivity contribution in [3.05, 3.63) is 35.9 Å². The van der Waals surface area contributed by atoms with E-state index in [0.717, 1.165) is 18.4 Å². The monoisotopic (exact) mass is 231 g/mol. The maximum absolute atomic E-state index is 3.60. The molecule has 17 heavy (non-hydrogen) atoms. The first kappa shape index (κ1) is 12.6. The zero-order valence-electron chi connectivity index (χ0n) is 11.0. The zero-order valence-corrected chi connectivity index (χ0v) is 11.0. The summed E-state index contributed by atoms with van der Waals surface area (Å²) in [5, 5.41) is 3.60. The second-order valence-corrected chi connectivity index (χ2v) is 5.49. The van der Waals surface area contributed by atoms with E-state index in [2.05, 4.69) is 42.6 Å². The van der Waals surface area contributed by atoms with Crippen LogP contribution in [-0.4, -0.2) is 6.54 Å². The Kier molecular flexibility index (Phi) is 5.06. The van der Waals surface area contributed by atoms with Gasteiger partial charge in [0.1, 0.15) is 0 Å². The van der Waals surface area contributed by atoms with Crippen LogP contribution in [0.15, 0.2) is 30.3 Å². The third-order valence-electron chi connectivity index (χ3n) is 4.09. The molecule has 1 aromatic rings. The van der Waals surface area contributed by atoms with Crippen LogP contribution in [0.5, 0.6) is 0 Å². The Morgan fingerprint density at radius 1 is 1.12 bits per heavy atom. The zero-order chi connectivity index (χ0) is 11.9. The molecule has 1 nitrogen and oxygen atoms in total. The van der Waals surface area contributed by atoms with Gasteiger partial charge in [-0.3, -0.25) is 0 Å². The molecule has 1 heteroatoms. The van der Waals surface area contributed by atoms with Gasteiger partial charge in [0.15, 0.2) is 0 Å². The smallest absolute Gasteiger partial charge is 0.0205 e. The fourth-order valence-electron chi connectivity index (χ4n) is 2.91. The first-order valence-corrected chi connectivity index (χ1v) is 7.11. The molecular formula is C16H25N. The molecule has 1 aliphatic rings. The van der Waals surface area contributed by atoms with E-state index in [1.165, 1.54) is 44.2 Å². The van der Waals surface area contributed by atoms with E-state index >= 15 is 0 Å². The molecule has 0 radical (unpaired) electrons. The fraction of sp³-hybridized carbons (Fsp3) is 0.625. The number of benzene rings is 1. The number of nitrogens with one attached hydrogen (secondary N) is 1. The van der Waals surface area contributed by atoms with E-state index in [-0.39, 0.29) is 0 Å². The predicted molar refractivity (Wildman–Crippen MR) is 73.9 cm³/mol. The molecule has 0 saturated heterocycles. The third kappa shape index (κ3) is 4.16. The highest BCUT2D eigenvalue weighted by Gasteiger charge is 2.19. The molecule has 0 aromatic heterocycles. The summed E-state index contributed by atoms with van der Waals surface area (Å²) >= 11 is 0. The third-order valence-corrected chi connectivity index (χ3v) is 4.09. The molecule has 0 bridgehead atoms. The molecular weight excluding hydrogens is 206 g/mol. The predicted octanol–water partition coefficient (Wildman–Crippen LogP) is 3.99. The topological polar surface area (TPSA) is 12.0 Å². The van der Waals surface area contributed by atoms with Crippen molar-refractivity contribution in [3.8, 4) is 0 Å². The molecule has 0 spiro atoms. The van der Waals surface area contributed by atoms with E-state index < -0.39 is 0 Å². The molecule has 1 aliphatic carbocycles. The van der Waals surface area contributed by atoms with Crippen LogP contribution >= 0.6 is 0 Å². The van der Waals surface area contributed by atoms with Crippen molar-refractivity contribution in [2.75, 3.05) is 6.54 Å². The van der Waals surface area contributed by atoms with Gasteiger partial charge in [-0.1, -0.05) is 69.4 Å². The van der Waals surface area contributed by atoms with E-state index in [1.807, 2.05) is 0 Å². The van der Waals surface area contributed by atoms with Crippen molar-refractivity contribution in [2.45, 2.75) is 45.6 Å². The van der Waals surface area contributed by atoms with Gasteiger partial charge in [-0.2, -0.15) is 0 Å². The van der Waals surface area contributed by atoms with Crippen LogP contribution in [0.4, 0.5) is 0 Å². The average molecular weight is 231 g/mol. The standard InChI is InChI=1S/C16H25N/c1-14(16-10-6-3-7-11-16)12-17-13-15-8-4-2-5-9-15/h2,4-5,8-9,14,16-17H,3,6-7,10-13H2,1H3/t14-/m1/s1. The maximum Gasteiger partial charge on any atom is 0.0205 e. The van der Waals surface area contributed by atoms with Gasteiger partial charge in [0.2, 0.25) is 0 Å². The molecule has 0 amide bonds. The van der Waals surface area contributed by atoms with Crippen molar-refractivity contribution < 1.29 is 0 Å². The number of hydrogen-bond acceptors (Lipinski definition) is 1. The van der Waals surface area contributed by atoms with Gasteiger partial charge in [-0.05, 0) is 23.9 Å². The lowest BCUT2D eigenvalue weighted by molar-refractivity contribution is 0.256. The van der Waals surface area contributed by atoms with Crippen LogP contribution < -0.4 is 5.32 Å². The van der Waals surface area contributed by atoms with Crippen LogP contribution in [0.2, 0.25) is 0 Å². The minimum Gasteiger partial charge on any atom is -0.312 e. The Labute approximate surface area is 106 Å².